The van der Waals surface area contributed by atoms with Crippen molar-refractivity contribution in [1.29, 1.82) is 0 Å². The van der Waals surface area contributed by atoms with Crippen LogP contribution in [0.15, 0.2) is 186 Å². The first-order valence-corrected chi connectivity index (χ1v) is 16.7. The summed E-state index contributed by atoms with van der Waals surface area (Å²) in [6.07, 6.45) is 0. The lowest BCUT2D eigenvalue weighted by molar-refractivity contribution is 0.672. The second kappa shape index (κ2) is 11.0. The summed E-state index contributed by atoms with van der Waals surface area (Å²) in [7, 11) is 0. The Labute approximate surface area is 283 Å². The van der Waals surface area contributed by atoms with E-state index >= 15 is 0 Å². The van der Waals surface area contributed by atoms with Crippen molar-refractivity contribution < 1.29 is 4.42 Å². The van der Waals surface area contributed by atoms with Crippen LogP contribution in [0.5, 0.6) is 0 Å². The Bertz CT molecular complexity index is 2770. The smallest absolute Gasteiger partial charge is 0.143 e. The molecule has 3 heteroatoms. The first-order valence-electron chi connectivity index (χ1n) is 16.7. The number of hydrogen-bond donors (Lipinski definition) is 0. The quantitative estimate of drug-likeness (QED) is 0.190. The lowest BCUT2D eigenvalue weighted by Gasteiger charge is -2.27. The van der Waals surface area contributed by atoms with Crippen molar-refractivity contribution in [2.45, 2.75) is 0 Å². The summed E-state index contributed by atoms with van der Waals surface area (Å²) in [5, 5.41) is 7.01. The number of fused-ring (bicyclic) bond motifs is 8. The van der Waals surface area contributed by atoms with Gasteiger partial charge in [-0.25, -0.2) is 0 Å². The van der Waals surface area contributed by atoms with Gasteiger partial charge in [0.15, 0.2) is 0 Å². The standard InChI is InChI=1S/C46H30N2O/c1-2-12-31(13-3-1)32-14-10-15-35(30-32)47(42-22-11-19-40-38(42)28-29-41-39-18-6-9-23-45(39)49-46(40)41)33-24-26-34(27-25-33)48-43-20-7-4-16-36(43)37-17-5-8-21-44(37)48/h1-30H. The van der Waals surface area contributed by atoms with Crippen molar-refractivity contribution in [3.05, 3.63) is 182 Å². The van der Waals surface area contributed by atoms with Gasteiger partial charge in [0.05, 0.1) is 16.7 Å². The van der Waals surface area contributed by atoms with Crippen molar-refractivity contribution in [3.8, 4) is 16.8 Å². The predicted molar refractivity (Wildman–Crippen MR) is 206 cm³/mol. The van der Waals surface area contributed by atoms with E-state index < -0.39 is 0 Å². The largest absolute Gasteiger partial charge is 0.455 e. The third-order valence-electron chi connectivity index (χ3n) is 9.78. The van der Waals surface area contributed by atoms with Gasteiger partial charge in [0.25, 0.3) is 0 Å². The minimum absolute atomic E-state index is 0.906. The van der Waals surface area contributed by atoms with E-state index in [1.807, 2.05) is 12.1 Å². The first kappa shape index (κ1) is 27.5. The molecular formula is C46H30N2O. The van der Waals surface area contributed by atoms with Gasteiger partial charge in [0.2, 0.25) is 0 Å². The van der Waals surface area contributed by atoms with Crippen LogP contribution in [0.4, 0.5) is 17.1 Å². The van der Waals surface area contributed by atoms with Crippen molar-refractivity contribution in [2.75, 3.05) is 4.90 Å². The Morgan fingerprint density at radius 3 is 1.76 bits per heavy atom. The average Bonchev–Trinajstić information content (AvgIpc) is 3.72. The highest BCUT2D eigenvalue weighted by molar-refractivity contribution is 6.17. The molecule has 0 aliphatic carbocycles. The molecule has 0 atom stereocenters. The Balaban J connectivity index is 1.18. The highest BCUT2D eigenvalue weighted by Crippen LogP contribution is 2.43. The fraction of sp³-hybridized carbons (Fsp3) is 0. The number of nitrogens with zero attached hydrogens (tertiary/aromatic N) is 2. The minimum atomic E-state index is 0.906. The van der Waals surface area contributed by atoms with Gasteiger partial charge in [-0.05, 0) is 77.9 Å². The van der Waals surface area contributed by atoms with Crippen molar-refractivity contribution >= 4 is 71.6 Å². The van der Waals surface area contributed by atoms with Crippen LogP contribution in [-0.2, 0) is 0 Å². The Morgan fingerprint density at radius 1 is 0.388 bits per heavy atom. The van der Waals surface area contributed by atoms with Crippen LogP contribution in [0.25, 0.3) is 71.3 Å². The van der Waals surface area contributed by atoms with Crippen LogP contribution < -0.4 is 4.90 Å². The zero-order valence-corrected chi connectivity index (χ0v) is 26.6. The van der Waals surface area contributed by atoms with Gasteiger partial charge < -0.3 is 13.9 Å². The van der Waals surface area contributed by atoms with Crippen LogP contribution in [0.1, 0.15) is 0 Å². The van der Waals surface area contributed by atoms with E-state index in [0.717, 1.165) is 55.5 Å². The molecule has 0 aliphatic rings. The monoisotopic (exact) mass is 626 g/mol. The number of para-hydroxylation sites is 3. The molecule has 0 saturated carbocycles. The number of anilines is 3. The van der Waals surface area contributed by atoms with Crippen LogP contribution in [0.3, 0.4) is 0 Å². The molecule has 8 aromatic carbocycles. The van der Waals surface area contributed by atoms with Gasteiger partial charge in [-0.3, -0.25) is 0 Å². The molecule has 0 amide bonds. The summed E-state index contributed by atoms with van der Waals surface area (Å²) in [5.41, 5.74) is 11.0. The summed E-state index contributed by atoms with van der Waals surface area (Å²) in [6, 6.07) is 65.0. The van der Waals surface area contributed by atoms with Crippen LogP contribution in [-0.4, -0.2) is 4.57 Å². The van der Waals surface area contributed by atoms with Crippen LogP contribution in [0, 0.1) is 0 Å². The zero-order chi connectivity index (χ0) is 32.3. The molecule has 230 valence electrons. The second-order valence-electron chi connectivity index (χ2n) is 12.6. The molecule has 0 spiro atoms. The van der Waals surface area contributed by atoms with Crippen molar-refractivity contribution in [1.82, 2.24) is 4.57 Å². The molecule has 0 radical (unpaired) electrons. The van der Waals surface area contributed by atoms with E-state index in [2.05, 4.69) is 179 Å². The van der Waals surface area contributed by atoms with Crippen LogP contribution >= 0.6 is 0 Å². The van der Waals surface area contributed by atoms with Gasteiger partial charge in [-0.15, -0.1) is 0 Å². The van der Waals surface area contributed by atoms with E-state index in [-0.39, 0.29) is 0 Å². The van der Waals surface area contributed by atoms with Gasteiger partial charge in [0, 0.05) is 49.4 Å². The maximum atomic E-state index is 6.49. The van der Waals surface area contributed by atoms with Crippen molar-refractivity contribution in [3.63, 3.8) is 0 Å². The average molecular weight is 627 g/mol. The highest BCUT2D eigenvalue weighted by atomic mass is 16.3. The van der Waals surface area contributed by atoms with Gasteiger partial charge in [-0.2, -0.15) is 0 Å². The highest BCUT2D eigenvalue weighted by Gasteiger charge is 2.19. The minimum Gasteiger partial charge on any atom is -0.455 e. The summed E-state index contributed by atoms with van der Waals surface area (Å²) in [5.74, 6) is 0. The molecule has 0 unspecified atom stereocenters. The van der Waals surface area contributed by atoms with E-state index in [1.165, 1.54) is 32.9 Å². The normalized spacial score (nSPS) is 11.7. The predicted octanol–water partition coefficient (Wildman–Crippen LogP) is 13.0. The van der Waals surface area contributed by atoms with Gasteiger partial charge in [-0.1, -0.05) is 115 Å². The molecule has 3 nitrogen and oxygen atoms in total. The molecule has 0 saturated heterocycles. The summed E-state index contributed by atoms with van der Waals surface area (Å²) >= 11 is 0. The number of benzene rings is 8. The maximum Gasteiger partial charge on any atom is 0.143 e. The number of hydrogen-bond acceptors (Lipinski definition) is 2. The number of aromatic nitrogens is 1. The zero-order valence-electron chi connectivity index (χ0n) is 26.6. The molecule has 2 heterocycles. The molecule has 10 aromatic rings. The van der Waals surface area contributed by atoms with Crippen molar-refractivity contribution in [2.24, 2.45) is 0 Å². The Morgan fingerprint density at radius 2 is 0.980 bits per heavy atom. The first-order chi connectivity index (χ1) is 24.3. The van der Waals surface area contributed by atoms with E-state index in [9.17, 15) is 0 Å². The molecule has 10 rings (SSSR count). The SMILES string of the molecule is c1ccc(-c2cccc(N(c3ccc(-n4c5ccccc5c5ccccc54)cc3)c3cccc4c3ccc3c5ccccc5oc43)c2)cc1. The molecular weight excluding hydrogens is 597 g/mol. The Kier molecular flexibility index (Phi) is 6.18. The molecule has 49 heavy (non-hydrogen) atoms. The number of furan rings is 1. The summed E-state index contributed by atoms with van der Waals surface area (Å²) in [4.78, 5) is 2.37. The maximum absolute atomic E-state index is 6.49. The third-order valence-corrected chi connectivity index (χ3v) is 9.78. The van der Waals surface area contributed by atoms with E-state index in [1.54, 1.807) is 0 Å². The van der Waals surface area contributed by atoms with E-state index in [0.29, 0.717) is 0 Å². The lowest BCUT2D eigenvalue weighted by atomic mass is 10.0. The Hall–Kier alpha value is -6.58. The fourth-order valence-corrected chi connectivity index (χ4v) is 7.55. The second-order valence-corrected chi connectivity index (χ2v) is 12.6. The number of rotatable bonds is 5. The topological polar surface area (TPSA) is 21.3 Å². The summed E-state index contributed by atoms with van der Waals surface area (Å²) in [6.45, 7) is 0. The molecule has 0 fully saturated rings. The molecule has 0 bridgehead atoms. The van der Waals surface area contributed by atoms with E-state index in [4.69, 9.17) is 4.42 Å². The third kappa shape index (κ3) is 4.37. The molecule has 0 aliphatic heterocycles. The van der Waals surface area contributed by atoms with Crippen LogP contribution in [0.2, 0.25) is 0 Å². The van der Waals surface area contributed by atoms with Gasteiger partial charge in [0.1, 0.15) is 11.2 Å². The lowest BCUT2D eigenvalue weighted by Crippen LogP contribution is -2.11. The molecule has 2 aromatic heterocycles. The summed E-state index contributed by atoms with van der Waals surface area (Å²) < 4.78 is 8.86. The van der Waals surface area contributed by atoms with Gasteiger partial charge >= 0.3 is 0 Å². The fourth-order valence-electron chi connectivity index (χ4n) is 7.55. The molecule has 0 N–H and O–H groups in total.